The highest BCUT2D eigenvalue weighted by atomic mass is 19.2. The maximum Gasteiger partial charge on any atom is 0.225 e. The summed E-state index contributed by atoms with van der Waals surface area (Å²) in [6.45, 7) is 2.43. The average Bonchev–Trinajstić information content (AvgIpc) is 2.92. The molecule has 2 heterocycles. The number of halogens is 3. The maximum atomic E-state index is 13.4. The quantitative estimate of drug-likeness (QED) is 0.729. The highest BCUT2D eigenvalue weighted by Gasteiger charge is 2.16. The second-order valence-electron chi connectivity index (χ2n) is 4.31. The van der Waals surface area contributed by atoms with Crippen molar-refractivity contribution in [2.75, 3.05) is 11.9 Å². The summed E-state index contributed by atoms with van der Waals surface area (Å²) in [4.78, 5) is 8.38. The zero-order chi connectivity index (χ0) is 15.0. The molecule has 21 heavy (non-hydrogen) atoms. The Bertz CT molecular complexity index is 792. The summed E-state index contributed by atoms with van der Waals surface area (Å²) in [5.74, 6) is -3.77. The van der Waals surface area contributed by atoms with E-state index >= 15 is 0 Å². The van der Waals surface area contributed by atoms with Gasteiger partial charge in [-0.15, -0.1) is 0 Å². The van der Waals surface area contributed by atoms with Gasteiger partial charge in [-0.05, 0) is 19.1 Å². The van der Waals surface area contributed by atoms with Gasteiger partial charge in [0.15, 0.2) is 23.1 Å². The first-order valence-electron chi connectivity index (χ1n) is 6.20. The number of nitrogens with one attached hydrogen (secondary N) is 2. The lowest BCUT2D eigenvalue weighted by molar-refractivity contribution is 0.447. The minimum absolute atomic E-state index is 0.111. The molecule has 8 heteroatoms. The molecule has 0 aliphatic carbocycles. The van der Waals surface area contributed by atoms with Crippen LogP contribution in [0.15, 0.2) is 18.3 Å². The highest BCUT2D eigenvalue weighted by Crippen LogP contribution is 2.28. The molecule has 0 saturated carbocycles. The van der Waals surface area contributed by atoms with Crippen LogP contribution in [0.25, 0.3) is 22.3 Å². The fourth-order valence-corrected chi connectivity index (χ4v) is 1.98. The van der Waals surface area contributed by atoms with Gasteiger partial charge in [0.05, 0.1) is 17.3 Å². The molecule has 2 aromatic heterocycles. The number of hydrogen-bond acceptors (Lipinski definition) is 4. The lowest BCUT2D eigenvalue weighted by atomic mass is 10.1. The second kappa shape index (κ2) is 5.04. The molecule has 1 aromatic carbocycles. The van der Waals surface area contributed by atoms with Gasteiger partial charge in [0.2, 0.25) is 5.95 Å². The van der Waals surface area contributed by atoms with Crippen LogP contribution in [0.1, 0.15) is 6.92 Å². The first kappa shape index (κ1) is 13.3. The summed E-state index contributed by atoms with van der Waals surface area (Å²) in [6, 6.07) is 1.78. The lowest BCUT2D eigenvalue weighted by Crippen LogP contribution is -2.03. The van der Waals surface area contributed by atoms with Crippen molar-refractivity contribution in [2.24, 2.45) is 0 Å². The van der Waals surface area contributed by atoms with Gasteiger partial charge >= 0.3 is 0 Å². The van der Waals surface area contributed by atoms with Gasteiger partial charge < -0.3 is 5.32 Å². The minimum atomic E-state index is -1.51. The number of rotatable bonds is 3. The largest absolute Gasteiger partial charge is 0.354 e. The van der Waals surface area contributed by atoms with Crippen LogP contribution in [0.3, 0.4) is 0 Å². The van der Waals surface area contributed by atoms with Crippen molar-refractivity contribution in [3.63, 3.8) is 0 Å². The summed E-state index contributed by atoms with van der Waals surface area (Å²) in [7, 11) is 0. The van der Waals surface area contributed by atoms with E-state index in [1.165, 1.54) is 6.20 Å². The van der Waals surface area contributed by atoms with Gasteiger partial charge in [-0.3, -0.25) is 5.10 Å². The molecule has 0 atom stereocenters. The van der Waals surface area contributed by atoms with Crippen molar-refractivity contribution in [2.45, 2.75) is 6.92 Å². The molecule has 0 saturated heterocycles. The molecule has 108 valence electrons. The summed E-state index contributed by atoms with van der Waals surface area (Å²) in [6.07, 6.45) is 1.44. The smallest absolute Gasteiger partial charge is 0.225 e. The van der Waals surface area contributed by atoms with Gasteiger partial charge in [0, 0.05) is 12.1 Å². The Morgan fingerprint density at radius 1 is 1.14 bits per heavy atom. The number of hydrogen-bond donors (Lipinski definition) is 2. The lowest BCUT2D eigenvalue weighted by Gasteiger charge is -2.07. The fraction of sp³-hybridized carbons (Fsp3) is 0.154. The third-order valence-corrected chi connectivity index (χ3v) is 2.90. The molecular formula is C13H10F3N5. The highest BCUT2D eigenvalue weighted by molar-refractivity contribution is 5.90. The molecule has 0 fully saturated rings. The van der Waals surface area contributed by atoms with Gasteiger partial charge in [-0.1, -0.05) is 0 Å². The van der Waals surface area contributed by atoms with Crippen LogP contribution < -0.4 is 5.32 Å². The molecule has 3 aromatic rings. The number of nitrogens with zero attached hydrogens (tertiary/aromatic N) is 3. The second-order valence-corrected chi connectivity index (χ2v) is 4.31. The fourth-order valence-electron chi connectivity index (χ4n) is 1.98. The van der Waals surface area contributed by atoms with Gasteiger partial charge in [0.25, 0.3) is 0 Å². The predicted molar refractivity (Wildman–Crippen MR) is 71.2 cm³/mol. The third-order valence-electron chi connectivity index (χ3n) is 2.90. The molecule has 0 bridgehead atoms. The van der Waals surface area contributed by atoms with Crippen LogP contribution in [0.4, 0.5) is 19.1 Å². The van der Waals surface area contributed by atoms with E-state index in [0.29, 0.717) is 17.6 Å². The number of aromatic amines is 1. The van der Waals surface area contributed by atoms with E-state index in [1.54, 1.807) is 0 Å². The van der Waals surface area contributed by atoms with E-state index in [4.69, 9.17) is 0 Å². The Morgan fingerprint density at radius 2 is 1.86 bits per heavy atom. The van der Waals surface area contributed by atoms with Crippen LogP contribution in [-0.2, 0) is 0 Å². The standard InChI is InChI=1S/C13H10F3N5/c1-2-17-13-19-11(7-5-18-21-12(7)20-13)6-3-8(14)10(16)9(15)4-6/h3-5H,2H2,1H3,(H2,17,18,19,20,21). The van der Waals surface area contributed by atoms with Crippen LogP contribution in [-0.4, -0.2) is 26.7 Å². The Hall–Kier alpha value is -2.64. The number of benzene rings is 1. The molecule has 2 N–H and O–H groups in total. The topological polar surface area (TPSA) is 66.5 Å². The number of H-pyrrole nitrogens is 1. The monoisotopic (exact) mass is 293 g/mol. The van der Waals surface area contributed by atoms with Crippen molar-refractivity contribution in [3.8, 4) is 11.3 Å². The van der Waals surface area contributed by atoms with Crippen molar-refractivity contribution >= 4 is 17.0 Å². The van der Waals surface area contributed by atoms with E-state index in [0.717, 1.165) is 12.1 Å². The predicted octanol–water partition coefficient (Wildman–Crippen LogP) is 2.87. The average molecular weight is 293 g/mol. The minimum Gasteiger partial charge on any atom is -0.354 e. The number of aromatic nitrogens is 4. The van der Waals surface area contributed by atoms with E-state index in [1.807, 2.05) is 6.92 Å². The summed E-state index contributed by atoms with van der Waals surface area (Å²) < 4.78 is 39.9. The summed E-state index contributed by atoms with van der Waals surface area (Å²) >= 11 is 0. The molecule has 5 nitrogen and oxygen atoms in total. The van der Waals surface area contributed by atoms with Crippen molar-refractivity contribution in [3.05, 3.63) is 35.8 Å². The Kier molecular flexibility index (Phi) is 3.20. The van der Waals surface area contributed by atoms with E-state index in [-0.39, 0.29) is 17.2 Å². The molecule has 0 radical (unpaired) electrons. The van der Waals surface area contributed by atoms with Crippen molar-refractivity contribution in [1.82, 2.24) is 20.2 Å². The van der Waals surface area contributed by atoms with Crippen LogP contribution in [0.5, 0.6) is 0 Å². The van der Waals surface area contributed by atoms with E-state index < -0.39 is 17.5 Å². The van der Waals surface area contributed by atoms with Gasteiger partial charge in [-0.2, -0.15) is 10.1 Å². The summed E-state index contributed by atoms with van der Waals surface area (Å²) in [5, 5.41) is 9.90. The molecule has 0 aliphatic heterocycles. The zero-order valence-electron chi connectivity index (χ0n) is 10.9. The van der Waals surface area contributed by atoms with Crippen molar-refractivity contribution in [1.29, 1.82) is 0 Å². The number of anilines is 1. The van der Waals surface area contributed by atoms with E-state index in [2.05, 4.69) is 25.5 Å². The normalized spacial score (nSPS) is 11.0. The molecule has 0 amide bonds. The Morgan fingerprint density at radius 3 is 2.52 bits per heavy atom. The molecule has 0 aliphatic rings. The molecule has 0 spiro atoms. The molecule has 3 rings (SSSR count). The maximum absolute atomic E-state index is 13.4. The zero-order valence-corrected chi connectivity index (χ0v) is 10.9. The van der Waals surface area contributed by atoms with Gasteiger partial charge in [-0.25, -0.2) is 18.2 Å². The van der Waals surface area contributed by atoms with Gasteiger partial charge in [0.1, 0.15) is 0 Å². The van der Waals surface area contributed by atoms with Crippen LogP contribution >= 0.6 is 0 Å². The Labute approximate surface area is 117 Å². The molecular weight excluding hydrogens is 283 g/mol. The van der Waals surface area contributed by atoms with Crippen LogP contribution in [0, 0.1) is 17.5 Å². The molecule has 0 unspecified atom stereocenters. The van der Waals surface area contributed by atoms with Crippen molar-refractivity contribution < 1.29 is 13.2 Å². The Balaban J connectivity index is 2.25. The first-order valence-corrected chi connectivity index (χ1v) is 6.20. The summed E-state index contributed by atoms with van der Waals surface area (Å²) in [5.41, 5.74) is 0.794. The number of fused-ring (bicyclic) bond motifs is 1. The first-order chi connectivity index (χ1) is 10.1. The van der Waals surface area contributed by atoms with Crippen LogP contribution in [0.2, 0.25) is 0 Å². The van der Waals surface area contributed by atoms with E-state index in [9.17, 15) is 13.2 Å². The third kappa shape index (κ3) is 2.28. The SMILES string of the molecule is CCNc1nc(-c2cc(F)c(F)c(F)c2)c2cn[nH]c2n1.